The predicted octanol–water partition coefficient (Wildman–Crippen LogP) is 1.88. The lowest BCUT2D eigenvalue weighted by Gasteiger charge is -2.26. The van der Waals surface area contributed by atoms with Crippen LogP contribution in [-0.4, -0.2) is 41.6 Å². The summed E-state index contributed by atoms with van der Waals surface area (Å²) in [5.41, 5.74) is 7.80. The maximum absolute atomic E-state index is 5.73. The van der Waals surface area contributed by atoms with Crippen molar-refractivity contribution in [3.8, 4) is 5.75 Å². The Labute approximate surface area is 118 Å². The Morgan fingerprint density at radius 1 is 1.44 bits per heavy atom. The lowest BCUT2D eigenvalue weighted by molar-refractivity contribution is 0.294. The fourth-order valence-electron chi connectivity index (χ4n) is 2.06. The van der Waals surface area contributed by atoms with E-state index < -0.39 is 0 Å². The van der Waals surface area contributed by atoms with Crippen LogP contribution < -0.4 is 10.5 Å². The zero-order chi connectivity index (χ0) is 13.0. The first-order valence-corrected chi connectivity index (χ1v) is 7.54. The molecule has 1 aliphatic heterocycles. The number of nitrogens with two attached hydrogens (primary N) is 1. The summed E-state index contributed by atoms with van der Waals surface area (Å²) in [5, 5.41) is 0. The van der Waals surface area contributed by atoms with Gasteiger partial charge < -0.3 is 10.5 Å². The molecule has 0 saturated carbocycles. The highest BCUT2D eigenvalue weighted by Crippen LogP contribution is 2.21. The highest BCUT2D eigenvalue weighted by atomic mass is 32.2. The van der Waals surface area contributed by atoms with Gasteiger partial charge in [-0.25, -0.2) is 0 Å². The molecule has 0 unspecified atom stereocenters. The molecule has 1 saturated heterocycles. The highest BCUT2D eigenvalue weighted by Gasteiger charge is 2.12. The van der Waals surface area contributed by atoms with E-state index in [-0.39, 0.29) is 0 Å². The Morgan fingerprint density at radius 3 is 2.78 bits per heavy atom. The van der Waals surface area contributed by atoms with Crippen molar-refractivity contribution in [1.29, 1.82) is 0 Å². The third-order valence-corrected chi connectivity index (χ3v) is 4.20. The number of ether oxygens (including phenoxy) is 1. The minimum Gasteiger partial charge on any atom is -0.496 e. The standard InChI is InChI=1S/C13H18N2OS2/c1-16-12-3-2-10(8-11(12)13(14)17)9-15-4-6-18-7-5-15/h2-3,8H,4-7,9H2,1H3,(H2,14,17). The number of hydrogen-bond acceptors (Lipinski definition) is 4. The van der Waals surface area contributed by atoms with Gasteiger partial charge in [0.25, 0.3) is 0 Å². The Hall–Kier alpha value is -0.780. The van der Waals surface area contributed by atoms with Crippen molar-refractivity contribution >= 4 is 29.0 Å². The molecule has 0 spiro atoms. The van der Waals surface area contributed by atoms with Crippen LogP contribution >= 0.6 is 24.0 Å². The van der Waals surface area contributed by atoms with E-state index in [2.05, 4.69) is 11.0 Å². The molecule has 1 aromatic rings. The Morgan fingerprint density at radius 2 is 2.17 bits per heavy atom. The van der Waals surface area contributed by atoms with Gasteiger partial charge in [-0.3, -0.25) is 4.90 Å². The van der Waals surface area contributed by atoms with Crippen LogP contribution in [0.4, 0.5) is 0 Å². The summed E-state index contributed by atoms with van der Waals surface area (Å²) in [5.74, 6) is 3.19. The number of thioether (sulfide) groups is 1. The number of nitrogens with zero attached hydrogens (tertiary/aromatic N) is 1. The third-order valence-electron chi connectivity index (χ3n) is 3.04. The first-order chi connectivity index (χ1) is 8.70. The third kappa shape index (κ3) is 3.37. The van der Waals surface area contributed by atoms with E-state index in [4.69, 9.17) is 22.7 Å². The van der Waals surface area contributed by atoms with Gasteiger partial charge in [0.15, 0.2) is 0 Å². The van der Waals surface area contributed by atoms with Crippen LogP contribution in [0, 0.1) is 0 Å². The molecule has 0 amide bonds. The van der Waals surface area contributed by atoms with Crippen LogP contribution in [0.3, 0.4) is 0 Å². The maximum Gasteiger partial charge on any atom is 0.129 e. The number of benzene rings is 1. The van der Waals surface area contributed by atoms with Crippen LogP contribution in [0.15, 0.2) is 18.2 Å². The van der Waals surface area contributed by atoms with Gasteiger partial charge in [-0.1, -0.05) is 18.3 Å². The summed E-state index contributed by atoms with van der Waals surface area (Å²) in [6, 6.07) is 6.08. The van der Waals surface area contributed by atoms with E-state index >= 15 is 0 Å². The van der Waals surface area contributed by atoms with Gasteiger partial charge in [0.1, 0.15) is 10.7 Å². The SMILES string of the molecule is COc1ccc(CN2CCSCC2)cc1C(N)=S. The second-order valence-electron chi connectivity index (χ2n) is 4.29. The van der Waals surface area contributed by atoms with E-state index in [9.17, 15) is 0 Å². The fourth-order valence-corrected chi connectivity index (χ4v) is 3.20. The van der Waals surface area contributed by atoms with Gasteiger partial charge in [0.05, 0.1) is 12.7 Å². The van der Waals surface area contributed by atoms with Crippen molar-refractivity contribution in [2.45, 2.75) is 6.54 Å². The molecule has 98 valence electrons. The molecule has 3 nitrogen and oxygen atoms in total. The summed E-state index contributed by atoms with van der Waals surface area (Å²) < 4.78 is 5.27. The van der Waals surface area contributed by atoms with Crippen molar-refractivity contribution < 1.29 is 4.74 Å². The monoisotopic (exact) mass is 282 g/mol. The molecular formula is C13H18N2OS2. The normalized spacial score (nSPS) is 16.5. The number of rotatable bonds is 4. The minimum absolute atomic E-state index is 0.392. The van der Waals surface area contributed by atoms with E-state index in [1.54, 1.807) is 7.11 Å². The average molecular weight is 282 g/mol. The first kappa shape index (κ1) is 13.6. The molecule has 2 rings (SSSR count). The second-order valence-corrected chi connectivity index (χ2v) is 5.95. The molecule has 1 heterocycles. The number of methoxy groups -OCH3 is 1. The molecule has 0 radical (unpaired) electrons. The molecule has 2 N–H and O–H groups in total. The van der Waals surface area contributed by atoms with E-state index in [0.717, 1.165) is 30.9 Å². The molecule has 0 bridgehead atoms. The largest absolute Gasteiger partial charge is 0.496 e. The molecule has 1 fully saturated rings. The summed E-state index contributed by atoms with van der Waals surface area (Å²) in [6.07, 6.45) is 0. The molecule has 0 aromatic heterocycles. The Balaban J connectivity index is 2.13. The van der Waals surface area contributed by atoms with Crippen molar-refractivity contribution in [2.75, 3.05) is 31.7 Å². The van der Waals surface area contributed by atoms with Crippen LogP contribution in [0.25, 0.3) is 0 Å². The van der Waals surface area contributed by atoms with Gasteiger partial charge in [-0.05, 0) is 17.7 Å². The first-order valence-electron chi connectivity index (χ1n) is 5.97. The van der Waals surface area contributed by atoms with Crippen molar-refractivity contribution in [3.05, 3.63) is 29.3 Å². The summed E-state index contributed by atoms with van der Waals surface area (Å²) in [7, 11) is 1.64. The van der Waals surface area contributed by atoms with E-state index in [1.807, 2.05) is 23.9 Å². The fraction of sp³-hybridized carbons (Fsp3) is 0.462. The number of hydrogen-bond donors (Lipinski definition) is 1. The quantitative estimate of drug-likeness (QED) is 0.854. The van der Waals surface area contributed by atoms with E-state index in [0.29, 0.717) is 4.99 Å². The van der Waals surface area contributed by atoms with Crippen LogP contribution in [0.5, 0.6) is 5.75 Å². The molecular weight excluding hydrogens is 264 g/mol. The average Bonchev–Trinajstić information content (AvgIpc) is 2.40. The summed E-state index contributed by atoms with van der Waals surface area (Å²) >= 11 is 7.08. The van der Waals surface area contributed by atoms with Gasteiger partial charge in [-0.2, -0.15) is 11.8 Å². The second kappa shape index (κ2) is 6.41. The predicted molar refractivity (Wildman–Crippen MR) is 81.5 cm³/mol. The smallest absolute Gasteiger partial charge is 0.129 e. The van der Waals surface area contributed by atoms with Gasteiger partial charge in [0.2, 0.25) is 0 Å². The molecule has 0 aliphatic carbocycles. The summed E-state index contributed by atoms with van der Waals surface area (Å²) in [6.45, 7) is 3.26. The van der Waals surface area contributed by atoms with Crippen LogP contribution in [0.1, 0.15) is 11.1 Å². The lowest BCUT2D eigenvalue weighted by atomic mass is 10.1. The van der Waals surface area contributed by atoms with Gasteiger partial charge >= 0.3 is 0 Å². The molecule has 18 heavy (non-hydrogen) atoms. The van der Waals surface area contributed by atoms with Crippen LogP contribution in [0.2, 0.25) is 0 Å². The molecule has 1 aliphatic rings. The van der Waals surface area contributed by atoms with Gasteiger partial charge in [0, 0.05) is 31.1 Å². The van der Waals surface area contributed by atoms with E-state index in [1.165, 1.54) is 17.1 Å². The van der Waals surface area contributed by atoms with Crippen molar-refractivity contribution in [1.82, 2.24) is 4.90 Å². The topological polar surface area (TPSA) is 38.5 Å². The molecule has 0 atom stereocenters. The maximum atomic E-state index is 5.73. The van der Waals surface area contributed by atoms with Crippen molar-refractivity contribution in [3.63, 3.8) is 0 Å². The minimum atomic E-state index is 0.392. The molecule has 1 aromatic carbocycles. The van der Waals surface area contributed by atoms with Gasteiger partial charge in [-0.15, -0.1) is 0 Å². The molecule has 5 heteroatoms. The number of thiocarbonyl (C=S) groups is 1. The zero-order valence-electron chi connectivity index (χ0n) is 10.5. The zero-order valence-corrected chi connectivity index (χ0v) is 12.1. The lowest BCUT2D eigenvalue weighted by Crippen LogP contribution is -2.32. The highest BCUT2D eigenvalue weighted by molar-refractivity contribution is 7.99. The Bertz CT molecular complexity index is 431. The van der Waals surface area contributed by atoms with Crippen LogP contribution in [-0.2, 0) is 6.54 Å². The summed E-state index contributed by atoms with van der Waals surface area (Å²) in [4.78, 5) is 2.85. The van der Waals surface area contributed by atoms with Crippen molar-refractivity contribution in [2.24, 2.45) is 5.73 Å². The Kier molecular flexibility index (Phi) is 4.86.